The Morgan fingerprint density at radius 3 is 2.31 bits per heavy atom. The van der Waals surface area contributed by atoms with E-state index in [0.717, 1.165) is 0 Å². The van der Waals surface area contributed by atoms with E-state index < -0.39 is 7.12 Å². The van der Waals surface area contributed by atoms with Crippen LogP contribution in [0.1, 0.15) is 6.92 Å². The molecular weight excluding hydrogens is 207 g/mol. The van der Waals surface area contributed by atoms with Crippen molar-refractivity contribution in [2.24, 2.45) is 0 Å². The maximum atomic E-state index is 10.7. The quantitative estimate of drug-likeness (QED) is 0.494. The lowest BCUT2D eigenvalue weighted by Crippen LogP contribution is -2.29. The molecule has 0 bridgehead atoms. The van der Waals surface area contributed by atoms with Gasteiger partial charge >= 0.3 is 7.12 Å². The lowest BCUT2D eigenvalue weighted by Gasteiger charge is -2.04. The molecule has 6 heteroatoms. The molecule has 0 aromatic heterocycles. The molecule has 4 N–H and O–H groups in total. The smallest absolute Gasteiger partial charge is 0.423 e. The lowest BCUT2D eigenvalue weighted by molar-refractivity contribution is -0.114. The maximum Gasteiger partial charge on any atom is 0.488 e. The molecule has 1 amide bonds. The van der Waals surface area contributed by atoms with Crippen LogP contribution in [0.15, 0.2) is 24.3 Å². The summed E-state index contributed by atoms with van der Waals surface area (Å²) in [6.07, 6.45) is 0. The summed E-state index contributed by atoms with van der Waals surface area (Å²) in [6.45, 7) is 1.39. The number of benzene rings is 1. The molecule has 0 saturated carbocycles. The molecule has 0 aliphatic carbocycles. The summed E-state index contributed by atoms with van der Waals surface area (Å²) in [7, 11) is 2.24. The number of rotatable bonds is 2. The third-order valence-corrected chi connectivity index (χ3v) is 1.51. The van der Waals surface area contributed by atoms with Crippen LogP contribution in [0.5, 0.6) is 0 Å². The van der Waals surface area contributed by atoms with Crippen LogP contribution in [0.3, 0.4) is 0 Å². The summed E-state index contributed by atoms with van der Waals surface area (Å²) >= 11 is 0. The predicted molar refractivity (Wildman–Crippen MR) is 65.6 cm³/mol. The van der Waals surface area contributed by atoms with Crippen molar-refractivity contribution >= 4 is 24.2 Å². The first-order valence-corrected chi connectivity index (χ1v) is 4.83. The van der Waals surface area contributed by atoms with E-state index in [1.807, 2.05) is 14.1 Å². The number of hydrogen-bond acceptors (Lipinski definition) is 4. The number of hydrogen-bond donors (Lipinski definition) is 4. The summed E-state index contributed by atoms with van der Waals surface area (Å²) in [5.41, 5.74) is 0.907. The standard InChI is InChI=1S/C8H10BNO3.C2H7N/c1-6(11)10-8-4-2-3-7(5-8)9(12)13;1-3-2/h2-5,12-13H,1H3,(H,10,11);3H,1-2H3. The Hall–Kier alpha value is -1.37. The molecule has 16 heavy (non-hydrogen) atoms. The molecule has 1 aromatic carbocycles. The summed E-state index contributed by atoms with van der Waals surface area (Å²) in [5, 5.41) is 22.9. The van der Waals surface area contributed by atoms with Crippen molar-refractivity contribution in [3.05, 3.63) is 24.3 Å². The van der Waals surface area contributed by atoms with Crippen LogP contribution in [0.4, 0.5) is 5.69 Å². The highest BCUT2D eigenvalue weighted by molar-refractivity contribution is 6.58. The molecule has 0 saturated heterocycles. The van der Waals surface area contributed by atoms with Crippen LogP contribution in [-0.2, 0) is 4.79 Å². The van der Waals surface area contributed by atoms with E-state index in [1.54, 1.807) is 18.2 Å². The van der Waals surface area contributed by atoms with Crippen LogP contribution < -0.4 is 16.1 Å². The van der Waals surface area contributed by atoms with Crippen molar-refractivity contribution < 1.29 is 14.8 Å². The number of amides is 1. The van der Waals surface area contributed by atoms with E-state index in [2.05, 4.69) is 10.6 Å². The Labute approximate surface area is 95.6 Å². The van der Waals surface area contributed by atoms with Gasteiger partial charge in [0.2, 0.25) is 5.91 Å². The molecule has 0 heterocycles. The van der Waals surface area contributed by atoms with Crippen LogP contribution in [0.25, 0.3) is 0 Å². The largest absolute Gasteiger partial charge is 0.488 e. The monoisotopic (exact) mass is 224 g/mol. The predicted octanol–water partition coefficient (Wildman–Crippen LogP) is -0.840. The number of nitrogens with one attached hydrogen (secondary N) is 2. The topological polar surface area (TPSA) is 81.6 Å². The van der Waals surface area contributed by atoms with Crippen LogP contribution in [0.2, 0.25) is 0 Å². The van der Waals surface area contributed by atoms with Crippen LogP contribution in [-0.4, -0.2) is 37.2 Å². The molecule has 5 nitrogen and oxygen atoms in total. The first-order valence-electron chi connectivity index (χ1n) is 4.83. The van der Waals surface area contributed by atoms with Crippen molar-refractivity contribution in [3.63, 3.8) is 0 Å². The molecule has 0 unspecified atom stereocenters. The van der Waals surface area contributed by atoms with Gasteiger partial charge in [-0.25, -0.2) is 0 Å². The summed E-state index contributed by atoms with van der Waals surface area (Å²) < 4.78 is 0. The van der Waals surface area contributed by atoms with E-state index in [0.29, 0.717) is 11.2 Å². The zero-order valence-corrected chi connectivity index (χ0v) is 9.69. The fraction of sp³-hybridized carbons (Fsp3) is 0.300. The maximum absolute atomic E-state index is 10.7. The zero-order chi connectivity index (χ0) is 12.6. The van der Waals surface area contributed by atoms with E-state index in [9.17, 15) is 4.79 Å². The van der Waals surface area contributed by atoms with Gasteiger partial charge < -0.3 is 20.7 Å². The fourth-order valence-corrected chi connectivity index (χ4v) is 0.980. The molecule has 0 aliphatic heterocycles. The highest BCUT2D eigenvalue weighted by Crippen LogP contribution is 2.03. The molecule has 0 fully saturated rings. The second-order valence-corrected chi connectivity index (χ2v) is 3.18. The second kappa shape index (κ2) is 7.87. The van der Waals surface area contributed by atoms with Crippen LogP contribution >= 0.6 is 0 Å². The lowest BCUT2D eigenvalue weighted by atomic mass is 9.80. The summed E-state index contributed by atoms with van der Waals surface area (Å²) in [4.78, 5) is 10.7. The number of anilines is 1. The third kappa shape index (κ3) is 6.18. The number of carbonyl (C=O) groups excluding carboxylic acids is 1. The molecule has 0 radical (unpaired) electrons. The minimum Gasteiger partial charge on any atom is -0.423 e. The van der Waals surface area contributed by atoms with Gasteiger partial charge in [0.25, 0.3) is 0 Å². The fourth-order valence-electron chi connectivity index (χ4n) is 0.980. The van der Waals surface area contributed by atoms with Crippen molar-refractivity contribution in [1.29, 1.82) is 0 Å². The molecule has 88 valence electrons. The highest BCUT2D eigenvalue weighted by atomic mass is 16.4. The Balaban J connectivity index is 0.000000673. The highest BCUT2D eigenvalue weighted by Gasteiger charge is 2.10. The van der Waals surface area contributed by atoms with Crippen molar-refractivity contribution in [2.75, 3.05) is 19.4 Å². The molecule has 1 rings (SSSR count). The average molecular weight is 224 g/mol. The van der Waals surface area contributed by atoms with Gasteiger partial charge in [0.15, 0.2) is 0 Å². The van der Waals surface area contributed by atoms with E-state index in [4.69, 9.17) is 10.0 Å². The summed E-state index contributed by atoms with van der Waals surface area (Å²) in [5.74, 6) is -0.190. The van der Waals surface area contributed by atoms with Gasteiger partial charge in [0.1, 0.15) is 0 Å². The molecule has 0 atom stereocenters. The molecule has 0 aliphatic rings. The van der Waals surface area contributed by atoms with Gasteiger partial charge in [0, 0.05) is 12.6 Å². The normalized spacial score (nSPS) is 8.81. The van der Waals surface area contributed by atoms with Gasteiger partial charge in [-0.2, -0.15) is 0 Å². The van der Waals surface area contributed by atoms with Crippen molar-refractivity contribution in [3.8, 4) is 0 Å². The zero-order valence-electron chi connectivity index (χ0n) is 9.69. The SMILES string of the molecule is CC(=O)Nc1cccc(B(O)O)c1.CNC. The Bertz CT molecular complexity index is 332. The first kappa shape index (κ1) is 14.6. The van der Waals surface area contributed by atoms with Gasteiger partial charge in [-0.05, 0) is 31.7 Å². The third-order valence-electron chi connectivity index (χ3n) is 1.51. The molecular formula is C10H17BN2O3. The van der Waals surface area contributed by atoms with Gasteiger partial charge in [0.05, 0.1) is 0 Å². The Morgan fingerprint density at radius 1 is 1.31 bits per heavy atom. The van der Waals surface area contributed by atoms with Crippen molar-refractivity contribution in [1.82, 2.24) is 5.32 Å². The van der Waals surface area contributed by atoms with E-state index >= 15 is 0 Å². The van der Waals surface area contributed by atoms with Gasteiger partial charge in [-0.15, -0.1) is 0 Å². The van der Waals surface area contributed by atoms with Gasteiger partial charge in [-0.3, -0.25) is 4.79 Å². The minimum atomic E-state index is -1.51. The second-order valence-electron chi connectivity index (χ2n) is 3.18. The molecule has 1 aromatic rings. The Morgan fingerprint density at radius 2 is 1.88 bits per heavy atom. The summed E-state index contributed by atoms with van der Waals surface area (Å²) in [6, 6.07) is 6.38. The first-order chi connectivity index (χ1) is 7.51. The van der Waals surface area contributed by atoms with Crippen molar-refractivity contribution in [2.45, 2.75) is 6.92 Å². The Kier molecular flexibility index (Phi) is 7.19. The number of carbonyl (C=O) groups is 1. The van der Waals surface area contributed by atoms with E-state index in [1.165, 1.54) is 13.0 Å². The average Bonchev–Trinajstić information content (AvgIpc) is 2.18. The van der Waals surface area contributed by atoms with Crippen LogP contribution in [0, 0.1) is 0 Å². The minimum absolute atomic E-state index is 0.190. The van der Waals surface area contributed by atoms with Gasteiger partial charge in [-0.1, -0.05) is 12.1 Å². The van der Waals surface area contributed by atoms with E-state index in [-0.39, 0.29) is 5.91 Å². The molecule has 0 spiro atoms.